The maximum absolute atomic E-state index is 11.3. The summed E-state index contributed by atoms with van der Waals surface area (Å²) in [5.41, 5.74) is -0.404. The number of ether oxygens (including phenoxy) is 1. The SMILES string of the molecule is CC(=O)OC1(C)C2CC3CC1CC(C#N)(C3)C2. The van der Waals surface area contributed by atoms with Gasteiger partial charge in [0.05, 0.1) is 11.5 Å². The number of hydrogen-bond acceptors (Lipinski definition) is 3. The number of rotatable bonds is 1. The van der Waals surface area contributed by atoms with Crippen LogP contribution in [0.5, 0.6) is 0 Å². The molecule has 3 heteroatoms. The first-order chi connectivity index (χ1) is 7.97. The van der Waals surface area contributed by atoms with Gasteiger partial charge in [-0.1, -0.05) is 0 Å². The van der Waals surface area contributed by atoms with Gasteiger partial charge in [-0.2, -0.15) is 5.26 Å². The van der Waals surface area contributed by atoms with E-state index in [-0.39, 0.29) is 17.0 Å². The number of esters is 1. The molecular weight excluding hydrogens is 214 g/mol. The minimum absolute atomic E-state index is 0.101. The van der Waals surface area contributed by atoms with Crippen molar-refractivity contribution in [2.24, 2.45) is 23.2 Å². The van der Waals surface area contributed by atoms with Gasteiger partial charge in [0.2, 0.25) is 0 Å². The molecule has 4 fully saturated rings. The van der Waals surface area contributed by atoms with E-state index < -0.39 is 0 Å². The molecule has 0 radical (unpaired) electrons. The van der Waals surface area contributed by atoms with E-state index in [1.807, 2.05) is 0 Å². The second-order valence-electron chi connectivity index (χ2n) is 6.51. The van der Waals surface area contributed by atoms with Crippen LogP contribution in [-0.4, -0.2) is 11.6 Å². The molecule has 2 atom stereocenters. The number of hydrogen-bond donors (Lipinski definition) is 0. The molecule has 0 aromatic heterocycles. The van der Waals surface area contributed by atoms with Crippen molar-refractivity contribution < 1.29 is 9.53 Å². The predicted octanol–water partition coefficient (Wildman–Crippen LogP) is 2.66. The lowest BCUT2D eigenvalue weighted by Crippen LogP contribution is -2.60. The monoisotopic (exact) mass is 233 g/mol. The van der Waals surface area contributed by atoms with Crippen LogP contribution in [0.4, 0.5) is 0 Å². The van der Waals surface area contributed by atoms with Crippen LogP contribution in [0.25, 0.3) is 0 Å². The summed E-state index contributed by atoms with van der Waals surface area (Å²) in [6.45, 7) is 3.59. The Kier molecular flexibility index (Phi) is 2.12. The third-order valence-electron chi connectivity index (χ3n) is 5.41. The van der Waals surface area contributed by atoms with Gasteiger partial charge < -0.3 is 4.74 Å². The van der Waals surface area contributed by atoms with E-state index in [2.05, 4.69) is 13.0 Å². The van der Waals surface area contributed by atoms with Crippen LogP contribution in [0.15, 0.2) is 0 Å². The summed E-state index contributed by atoms with van der Waals surface area (Å²) in [5, 5.41) is 9.43. The lowest BCUT2D eigenvalue weighted by molar-refractivity contribution is -0.209. The van der Waals surface area contributed by atoms with Gasteiger partial charge in [0.25, 0.3) is 0 Å². The largest absolute Gasteiger partial charge is 0.459 e. The first-order valence-electron chi connectivity index (χ1n) is 6.58. The van der Waals surface area contributed by atoms with E-state index in [4.69, 9.17) is 4.74 Å². The summed E-state index contributed by atoms with van der Waals surface area (Å²) < 4.78 is 5.66. The zero-order valence-electron chi connectivity index (χ0n) is 10.5. The standard InChI is InChI=1S/C14H19NO2/c1-9(16)17-13(2)11-3-10-4-12(13)7-14(5-10,6-11)8-15/h10-12H,3-7H2,1-2H3. The minimum atomic E-state index is -0.302. The Hall–Kier alpha value is -1.04. The van der Waals surface area contributed by atoms with Gasteiger partial charge in [0.1, 0.15) is 5.60 Å². The number of nitrogens with zero attached hydrogens (tertiary/aromatic N) is 1. The van der Waals surface area contributed by atoms with Gasteiger partial charge >= 0.3 is 5.97 Å². The van der Waals surface area contributed by atoms with Gasteiger partial charge in [-0.15, -0.1) is 0 Å². The zero-order chi connectivity index (χ0) is 12.3. The number of nitriles is 1. The van der Waals surface area contributed by atoms with Crippen LogP contribution in [0, 0.1) is 34.5 Å². The molecule has 0 spiro atoms. The van der Waals surface area contributed by atoms with E-state index in [1.54, 1.807) is 0 Å². The van der Waals surface area contributed by atoms with E-state index in [1.165, 1.54) is 6.92 Å². The summed E-state index contributed by atoms with van der Waals surface area (Å²) in [7, 11) is 0. The smallest absolute Gasteiger partial charge is 0.303 e. The molecule has 4 aliphatic carbocycles. The van der Waals surface area contributed by atoms with Crippen LogP contribution >= 0.6 is 0 Å². The molecule has 0 amide bonds. The van der Waals surface area contributed by atoms with Crippen molar-refractivity contribution >= 4 is 5.97 Å². The van der Waals surface area contributed by atoms with Crippen molar-refractivity contribution in [3.63, 3.8) is 0 Å². The topological polar surface area (TPSA) is 50.1 Å². The predicted molar refractivity (Wildman–Crippen MR) is 61.8 cm³/mol. The quantitative estimate of drug-likeness (QED) is 0.654. The van der Waals surface area contributed by atoms with Crippen molar-refractivity contribution in [2.75, 3.05) is 0 Å². The molecule has 4 aliphatic rings. The molecular formula is C14H19NO2. The van der Waals surface area contributed by atoms with E-state index in [9.17, 15) is 10.1 Å². The van der Waals surface area contributed by atoms with Crippen LogP contribution < -0.4 is 0 Å². The van der Waals surface area contributed by atoms with E-state index in [0.717, 1.165) is 32.1 Å². The summed E-state index contributed by atoms with van der Waals surface area (Å²) in [6.07, 6.45) is 5.22. The van der Waals surface area contributed by atoms with E-state index in [0.29, 0.717) is 17.8 Å². The normalized spacial score (nSPS) is 51.0. The summed E-state index contributed by atoms with van der Waals surface area (Å²) in [5.74, 6) is 1.32. The molecule has 3 nitrogen and oxygen atoms in total. The lowest BCUT2D eigenvalue weighted by atomic mass is 9.45. The molecule has 0 saturated heterocycles. The first-order valence-corrected chi connectivity index (χ1v) is 6.58. The van der Waals surface area contributed by atoms with Crippen LogP contribution in [0.3, 0.4) is 0 Å². The lowest BCUT2D eigenvalue weighted by Gasteiger charge is -2.61. The van der Waals surface area contributed by atoms with Crippen molar-refractivity contribution in [3.05, 3.63) is 0 Å². The average Bonchev–Trinajstić information content (AvgIpc) is 2.24. The van der Waals surface area contributed by atoms with Crippen LogP contribution in [-0.2, 0) is 9.53 Å². The highest BCUT2D eigenvalue weighted by Gasteiger charge is 2.62. The average molecular weight is 233 g/mol. The Balaban J connectivity index is 1.93. The number of carbonyl (C=O) groups is 1. The fourth-order valence-corrected chi connectivity index (χ4v) is 4.80. The maximum Gasteiger partial charge on any atom is 0.303 e. The Morgan fingerprint density at radius 3 is 2.35 bits per heavy atom. The Labute approximate surface area is 102 Å². The molecule has 17 heavy (non-hydrogen) atoms. The fourth-order valence-electron chi connectivity index (χ4n) is 4.80. The fraction of sp³-hybridized carbons (Fsp3) is 0.857. The molecule has 2 unspecified atom stereocenters. The number of carbonyl (C=O) groups excluding carboxylic acids is 1. The molecule has 4 bridgehead atoms. The molecule has 92 valence electrons. The van der Waals surface area contributed by atoms with Gasteiger partial charge in [-0.25, -0.2) is 0 Å². The Morgan fingerprint density at radius 2 is 1.88 bits per heavy atom. The van der Waals surface area contributed by atoms with Crippen molar-refractivity contribution in [1.82, 2.24) is 0 Å². The van der Waals surface area contributed by atoms with E-state index >= 15 is 0 Å². The second-order valence-corrected chi connectivity index (χ2v) is 6.51. The highest BCUT2D eigenvalue weighted by molar-refractivity contribution is 5.66. The van der Waals surface area contributed by atoms with Gasteiger partial charge in [0, 0.05) is 18.8 Å². The zero-order valence-corrected chi connectivity index (χ0v) is 10.5. The molecule has 0 aromatic carbocycles. The highest BCUT2D eigenvalue weighted by atomic mass is 16.6. The molecule has 4 rings (SSSR count). The molecule has 0 heterocycles. The van der Waals surface area contributed by atoms with Crippen molar-refractivity contribution in [3.8, 4) is 6.07 Å². The first kappa shape index (κ1) is 11.1. The van der Waals surface area contributed by atoms with Crippen LogP contribution in [0.2, 0.25) is 0 Å². The Bertz CT molecular complexity index is 393. The third kappa shape index (κ3) is 1.43. The van der Waals surface area contributed by atoms with Gasteiger partial charge in [-0.05, 0) is 44.9 Å². The summed E-state index contributed by atoms with van der Waals surface area (Å²) in [4.78, 5) is 11.3. The minimum Gasteiger partial charge on any atom is -0.459 e. The molecule has 4 saturated carbocycles. The summed E-state index contributed by atoms with van der Waals surface area (Å²) in [6, 6.07) is 2.56. The van der Waals surface area contributed by atoms with Crippen LogP contribution in [0.1, 0.15) is 46.0 Å². The van der Waals surface area contributed by atoms with Crippen molar-refractivity contribution in [2.45, 2.75) is 51.6 Å². The molecule has 0 N–H and O–H groups in total. The maximum atomic E-state index is 11.3. The molecule has 0 aromatic rings. The van der Waals surface area contributed by atoms with Crippen molar-refractivity contribution in [1.29, 1.82) is 5.26 Å². The summed E-state index contributed by atoms with van der Waals surface area (Å²) >= 11 is 0. The van der Waals surface area contributed by atoms with Gasteiger partial charge in [-0.3, -0.25) is 4.79 Å². The Morgan fingerprint density at radius 1 is 1.29 bits per heavy atom. The highest BCUT2D eigenvalue weighted by Crippen LogP contribution is 2.64. The second kappa shape index (κ2) is 3.25. The third-order valence-corrected chi connectivity index (χ3v) is 5.41. The molecule has 0 aliphatic heterocycles. The van der Waals surface area contributed by atoms with Gasteiger partial charge in [0.15, 0.2) is 0 Å².